The molecule has 0 radical (unpaired) electrons. The Balaban J connectivity index is 1.81. The number of hydrogen-bond acceptors (Lipinski definition) is 6. The monoisotopic (exact) mass is 378 g/mol. The van der Waals surface area contributed by atoms with E-state index in [0.717, 1.165) is 29.3 Å². The van der Waals surface area contributed by atoms with E-state index in [9.17, 15) is 15.2 Å². The largest absolute Gasteiger partial charge is 0.494 e. The Morgan fingerprint density at radius 1 is 1.29 bits per heavy atom. The highest BCUT2D eigenvalue weighted by Crippen LogP contribution is 2.32. The quantitative estimate of drug-likeness (QED) is 0.419. The number of aromatic hydroxyl groups is 1. The highest BCUT2D eigenvalue weighted by atomic mass is 16.6. The summed E-state index contributed by atoms with van der Waals surface area (Å²) in [4.78, 5) is 14.6. The maximum absolute atomic E-state index is 11.3. The molecular weight excluding hydrogens is 360 g/mol. The summed E-state index contributed by atoms with van der Waals surface area (Å²) in [5.41, 5.74) is 2.35. The molecule has 142 valence electrons. The molecule has 4 aromatic rings. The van der Waals surface area contributed by atoms with Crippen molar-refractivity contribution >= 4 is 16.6 Å². The van der Waals surface area contributed by atoms with Crippen LogP contribution in [0.2, 0.25) is 0 Å². The molecule has 0 aliphatic carbocycles. The number of nitro groups is 1. The first-order valence-corrected chi connectivity index (χ1v) is 8.85. The van der Waals surface area contributed by atoms with Crippen LogP contribution in [-0.4, -0.2) is 34.6 Å². The number of hydrogen-bond donors (Lipinski definition) is 1. The highest BCUT2D eigenvalue weighted by Gasteiger charge is 2.21. The molecule has 3 heterocycles. The number of aryl methyl sites for hydroxylation is 1. The van der Waals surface area contributed by atoms with Crippen molar-refractivity contribution < 1.29 is 10.0 Å². The average Bonchev–Trinajstić information content (AvgIpc) is 3.22. The van der Waals surface area contributed by atoms with Crippen LogP contribution in [0.4, 0.5) is 5.82 Å². The summed E-state index contributed by atoms with van der Waals surface area (Å²) >= 11 is 0. The Morgan fingerprint density at radius 2 is 2.11 bits per heavy atom. The fourth-order valence-corrected chi connectivity index (χ4v) is 3.33. The van der Waals surface area contributed by atoms with Crippen molar-refractivity contribution in [3.05, 3.63) is 58.5 Å². The lowest BCUT2D eigenvalue weighted by molar-refractivity contribution is -0.389. The SMILES string of the molecule is CCCn1cc2cc(-c3nnn(-c4cccnc4[N+](=O)[O-])c3C)ccc2c1O. The van der Waals surface area contributed by atoms with E-state index in [1.165, 1.54) is 10.9 Å². The van der Waals surface area contributed by atoms with Crippen molar-refractivity contribution in [3.8, 4) is 22.8 Å². The molecule has 9 nitrogen and oxygen atoms in total. The van der Waals surface area contributed by atoms with E-state index in [4.69, 9.17) is 0 Å². The van der Waals surface area contributed by atoms with Crippen molar-refractivity contribution in [2.45, 2.75) is 26.8 Å². The van der Waals surface area contributed by atoms with Gasteiger partial charge in [0.2, 0.25) is 0 Å². The molecule has 9 heteroatoms. The first kappa shape index (κ1) is 17.7. The van der Waals surface area contributed by atoms with Gasteiger partial charge in [0.05, 0.1) is 5.69 Å². The summed E-state index contributed by atoms with van der Waals surface area (Å²) in [6, 6.07) is 8.84. The van der Waals surface area contributed by atoms with E-state index in [1.807, 2.05) is 29.0 Å². The molecule has 1 aromatic carbocycles. The van der Waals surface area contributed by atoms with Crippen molar-refractivity contribution in [1.82, 2.24) is 24.5 Å². The number of nitrogens with zero attached hydrogens (tertiary/aromatic N) is 6. The van der Waals surface area contributed by atoms with Crippen LogP contribution in [0.5, 0.6) is 5.88 Å². The van der Waals surface area contributed by atoms with Gasteiger partial charge in [-0.05, 0) is 47.5 Å². The number of benzene rings is 1. The van der Waals surface area contributed by atoms with Crippen LogP contribution in [0, 0.1) is 17.0 Å². The van der Waals surface area contributed by atoms with Gasteiger partial charge in [-0.15, -0.1) is 5.10 Å². The molecule has 4 rings (SSSR count). The average molecular weight is 378 g/mol. The fourth-order valence-electron chi connectivity index (χ4n) is 3.33. The van der Waals surface area contributed by atoms with Crippen LogP contribution in [0.25, 0.3) is 27.7 Å². The Morgan fingerprint density at radius 3 is 2.86 bits per heavy atom. The van der Waals surface area contributed by atoms with Gasteiger partial charge < -0.3 is 19.8 Å². The van der Waals surface area contributed by atoms with Crippen molar-refractivity contribution in [1.29, 1.82) is 0 Å². The maximum atomic E-state index is 11.3. The molecule has 0 saturated heterocycles. The van der Waals surface area contributed by atoms with Crippen LogP contribution in [-0.2, 0) is 6.54 Å². The Bertz CT molecular complexity index is 1190. The molecule has 3 aromatic heterocycles. The van der Waals surface area contributed by atoms with Crippen LogP contribution in [0.1, 0.15) is 19.0 Å². The van der Waals surface area contributed by atoms with Gasteiger partial charge in [-0.3, -0.25) is 0 Å². The van der Waals surface area contributed by atoms with Crippen molar-refractivity contribution in [3.63, 3.8) is 0 Å². The molecule has 0 atom stereocenters. The summed E-state index contributed by atoms with van der Waals surface area (Å²) in [7, 11) is 0. The Hall–Kier alpha value is -3.75. The normalized spacial score (nSPS) is 11.2. The first-order chi connectivity index (χ1) is 13.5. The van der Waals surface area contributed by atoms with Gasteiger partial charge in [0, 0.05) is 29.1 Å². The Kier molecular flexibility index (Phi) is 4.26. The summed E-state index contributed by atoms with van der Waals surface area (Å²) in [6.45, 7) is 4.58. The van der Waals surface area contributed by atoms with Crippen LogP contribution in [0.15, 0.2) is 42.7 Å². The van der Waals surface area contributed by atoms with Crippen LogP contribution < -0.4 is 0 Å². The third-order valence-electron chi connectivity index (χ3n) is 4.66. The molecular formula is C19H18N6O3. The van der Waals surface area contributed by atoms with Gasteiger partial charge in [0.1, 0.15) is 11.9 Å². The van der Waals surface area contributed by atoms with Crippen molar-refractivity contribution in [2.24, 2.45) is 0 Å². The minimum Gasteiger partial charge on any atom is -0.494 e. The molecule has 0 unspecified atom stereocenters. The standard InChI is InChI=1S/C19H18N6O3/c1-3-9-23-11-14-10-13(6-7-15(14)19(23)26)17-12(2)24(22-21-17)16-5-4-8-20-18(16)25(27)28/h4-8,10-11,26H,3,9H2,1-2H3. The van der Waals surface area contributed by atoms with Crippen LogP contribution in [0.3, 0.4) is 0 Å². The number of pyridine rings is 1. The van der Waals surface area contributed by atoms with Gasteiger partial charge in [-0.2, -0.15) is 0 Å². The molecule has 0 aliphatic rings. The van der Waals surface area contributed by atoms with Gasteiger partial charge in [-0.1, -0.05) is 18.2 Å². The van der Waals surface area contributed by atoms with E-state index in [-0.39, 0.29) is 17.4 Å². The topological polar surface area (TPSA) is 112 Å². The van der Waals surface area contributed by atoms with Gasteiger partial charge in [-0.25, -0.2) is 4.68 Å². The van der Waals surface area contributed by atoms with Gasteiger partial charge in [0.25, 0.3) is 0 Å². The molecule has 0 aliphatic heterocycles. The lowest BCUT2D eigenvalue weighted by atomic mass is 10.1. The molecule has 0 fully saturated rings. The lowest BCUT2D eigenvalue weighted by Crippen LogP contribution is -2.05. The number of fused-ring (bicyclic) bond motifs is 1. The second-order valence-corrected chi connectivity index (χ2v) is 6.49. The molecule has 0 amide bonds. The minimum absolute atomic E-state index is 0.245. The summed E-state index contributed by atoms with van der Waals surface area (Å²) < 4.78 is 3.24. The van der Waals surface area contributed by atoms with E-state index < -0.39 is 4.92 Å². The summed E-state index contributed by atoms with van der Waals surface area (Å²) in [5, 5.41) is 31.6. The fraction of sp³-hybridized carbons (Fsp3) is 0.211. The Labute approximate surface area is 160 Å². The van der Waals surface area contributed by atoms with E-state index >= 15 is 0 Å². The molecule has 1 N–H and O–H groups in total. The van der Waals surface area contributed by atoms with E-state index in [2.05, 4.69) is 22.2 Å². The molecule has 28 heavy (non-hydrogen) atoms. The van der Waals surface area contributed by atoms with Crippen LogP contribution >= 0.6 is 0 Å². The minimum atomic E-state index is -0.540. The predicted octanol–water partition coefficient (Wildman–Crippen LogP) is 3.62. The second kappa shape index (κ2) is 6.76. The zero-order chi connectivity index (χ0) is 19.8. The third-order valence-corrected chi connectivity index (χ3v) is 4.66. The third kappa shape index (κ3) is 2.77. The zero-order valence-corrected chi connectivity index (χ0v) is 15.4. The number of aromatic nitrogens is 5. The molecule has 0 bridgehead atoms. The summed E-state index contributed by atoms with van der Waals surface area (Å²) in [6.07, 6.45) is 4.19. The predicted molar refractivity (Wildman–Crippen MR) is 103 cm³/mol. The molecule has 0 spiro atoms. The second-order valence-electron chi connectivity index (χ2n) is 6.49. The van der Waals surface area contributed by atoms with E-state index in [1.54, 1.807) is 19.1 Å². The van der Waals surface area contributed by atoms with Crippen molar-refractivity contribution in [2.75, 3.05) is 0 Å². The summed E-state index contributed by atoms with van der Waals surface area (Å²) in [5.74, 6) is -0.0335. The first-order valence-electron chi connectivity index (χ1n) is 8.85. The highest BCUT2D eigenvalue weighted by molar-refractivity contribution is 5.91. The molecule has 0 saturated carbocycles. The van der Waals surface area contributed by atoms with Gasteiger partial charge in [0.15, 0.2) is 11.6 Å². The zero-order valence-electron chi connectivity index (χ0n) is 15.4. The maximum Gasteiger partial charge on any atom is 0.389 e. The van der Waals surface area contributed by atoms with E-state index in [0.29, 0.717) is 11.4 Å². The smallest absolute Gasteiger partial charge is 0.389 e. The number of rotatable bonds is 5. The van der Waals surface area contributed by atoms with Gasteiger partial charge >= 0.3 is 5.82 Å². The lowest BCUT2D eigenvalue weighted by Gasteiger charge is -2.04.